The Morgan fingerprint density at radius 1 is 1.41 bits per heavy atom. The average Bonchev–Trinajstić information content (AvgIpc) is 2.77. The van der Waals surface area contributed by atoms with Gasteiger partial charge < -0.3 is 14.7 Å². The second-order valence-corrected chi connectivity index (χ2v) is 6.60. The minimum atomic E-state index is -0.356. The van der Waals surface area contributed by atoms with Crippen molar-refractivity contribution in [1.82, 2.24) is 4.90 Å². The SMILES string of the molecule is C=CC=N/C(CO)=C(\C)C(=O)N1CCCC[C@H]1COc1cccc(N=O)c1C=O. The van der Waals surface area contributed by atoms with E-state index in [2.05, 4.69) is 16.7 Å². The van der Waals surface area contributed by atoms with Gasteiger partial charge in [0.25, 0.3) is 5.91 Å². The molecule has 1 saturated heterocycles. The Morgan fingerprint density at radius 2 is 2.21 bits per heavy atom. The first-order valence-corrected chi connectivity index (χ1v) is 9.38. The van der Waals surface area contributed by atoms with Crippen LogP contribution in [0.2, 0.25) is 0 Å². The normalized spacial score (nSPS) is 17.6. The van der Waals surface area contributed by atoms with E-state index in [4.69, 9.17) is 4.74 Å². The van der Waals surface area contributed by atoms with Gasteiger partial charge in [0.1, 0.15) is 18.0 Å². The van der Waals surface area contributed by atoms with Crippen molar-refractivity contribution in [2.24, 2.45) is 10.2 Å². The van der Waals surface area contributed by atoms with E-state index in [1.807, 2.05) is 0 Å². The summed E-state index contributed by atoms with van der Waals surface area (Å²) in [6.07, 6.45) is 5.98. The van der Waals surface area contributed by atoms with Crippen molar-refractivity contribution in [3.8, 4) is 5.75 Å². The molecular weight excluding hydrogens is 374 g/mol. The van der Waals surface area contributed by atoms with Gasteiger partial charge in [0, 0.05) is 18.3 Å². The Balaban J connectivity index is 2.20. The second kappa shape index (κ2) is 11.0. The zero-order valence-corrected chi connectivity index (χ0v) is 16.4. The fourth-order valence-corrected chi connectivity index (χ4v) is 3.22. The molecule has 0 aromatic heterocycles. The summed E-state index contributed by atoms with van der Waals surface area (Å²) in [6.45, 7) is 5.54. The van der Waals surface area contributed by atoms with E-state index < -0.39 is 0 Å². The van der Waals surface area contributed by atoms with Crippen LogP contribution in [0.4, 0.5) is 5.69 Å². The van der Waals surface area contributed by atoms with E-state index >= 15 is 0 Å². The van der Waals surface area contributed by atoms with E-state index in [-0.39, 0.29) is 47.9 Å². The van der Waals surface area contributed by atoms with Gasteiger partial charge >= 0.3 is 0 Å². The molecule has 1 aromatic carbocycles. The minimum absolute atomic E-state index is 0.0144. The molecule has 2 rings (SSSR count). The third-order valence-electron chi connectivity index (χ3n) is 4.82. The highest BCUT2D eigenvalue weighted by Crippen LogP contribution is 2.28. The molecule has 0 radical (unpaired) electrons. The van der Waals surface area contributed by atoms with Crippen LogP contribution in [0.15, 0.2) is 52.3 Å². The van der Waals surface area contributed by atoms with Crippen molar-refractivity contribution in [2.45, 2.75) is 32.2 Å². The topological polar surface area (TPSA) is 109 Å². The first kappa shape index (κ1) is 22.2. The maximum Gasteiger partial charge on any atom is 0.251 e. The first-order chi connectivity index (χ1) is 14.1. The van der Waals surface area contributed by atoms with E-state index in [1.54, 1.807) is 24.0 Å². The number of ether oxygens (including phenoxy) is 1. The van der Waals surface area contributed by atoms with Gasteiger partial charge in [-0.05, 0) is 43.5 Å². The van der Waals surface area contributed by atoms with Gasteiger partial charge in [-0.3, -0.25) is 14.6 Å². The number of hydrogen-bond acceptors (Lipinski definition) is 7. The molecule has 29 heavy (non-hydrogen) atoms. The molecule has 1 N–H and O–H groups in total. The highest BCUT2D eigenvalue weighted by atomic mass is 16.5. The summed E-state index contributed by atoms with van der Waals surface area (Å²) in [5.74, 6) is 0.0384. The molecule has 154 valence electrons. The van der Waals surface area contributed by atoms with Crippen molar-refractivity contribution in [3.05, 3.63) is 52.6 Å². The van der Waals surface area contributed by atoms with Crippen LogP contribution in [0, 0.1) is 4.91 Å². The molecule has 0 unspecified atom stereocenters. The predicted molar refractivity (Wildman–Crippen MR) is 111 cm³/mol. The van der Waals surface area contributed by atoms with Crippen molar-refractivity contribution >= 4 is 24.1 Å². The summed E-state index contributed by atoms with van der Waals surface area (Å²) in [6, 6.07) is 4.41. The van der Waals surface area contributed by atoms with Crippen molar-refractivity contribution in [3.63, 3.8) is 0 Å². The van der Waals surface area contributed by atoms with E-state index in [1.165, 1.54) is 18.4 Å². The summed E-state index contributed by atoms with van der Waals surface area (Å²) < 4.78 is 5.79. The fourth-order valence-electron chi connectivity index (χ4n) is 3.22. The van der Waals surface area contributed by atoms with Crippen LogP contribution in [0.3, 0.4) is 0 Å². The largest absolute Gasteiger partial charge is 0.491 e. The zero-order chi connectivity index (χ0) is 21.2. The molecule has 8 nitrogen and oxygen atoms in total. The summed E-state index contributed by atoms with van der Waals surface area (Å²) in [5, 5.41) is 12.4. The maximum absolute atomic E-state index is 13.0. The summed E-state index contributed by atoms with van der Waals surface area (Å²) >= 11 is 0. The molecule has 1 amide bonds. The number of amides is 1. The number of aliphatic hydroxyl groups is 1. The van der Waals surface area contributed by atoms with Gasteiger partial charge in [-0.1, -0.05) is 18.7 Å². The Bertz CT molecular complexity index is 832. The maximum atomic E-state index is 13.0. The number of aldehydes is 1. The molecule has 1 fully saturated rings. The van der Waals surface area contributed by atoms with Crippen LogP contribution in [0.5, 0.6) is 5.75 Å². The number of piperidine rings is 1. The smallest absolute Gasteiger partial charge is 0.251 e. The molecule has 1 aromatic rings. The number of hydrogen-bond donors (Lipinski definition) is 1. The first-order valence-electron chi connectivity index (χ1n) is 9.38. The van der Waals surface area contributed by atoms with Gasteiger partial charge in [0.05, 0.1) is 23.9 Å². The van der Waals surface area contributed by atoms with E-state index in [0.29, 0.717) is 18.4 Å². The standard InChI is InChI=1S/C21H25N3O5/c1-3-10-22-19(13-26)15(2)21(27)24-11-5-4-7-16(24)14-29-20-9-6-8-18(23-28)17(20)12-25/h3,6,8-10,12,16,26H,1,4-5,7,11,13-14H2,2H3/b19-15+,22-10?/t16-/m0/s1. The molecular formula is C21H25N3O5. The number of rotatable bonds is 9. The van der Waals surface area contributed by atoms with Gasteiger partial charge in [0.2, 0.25) is 0 Å². The Morgan fingerprint density at radius 3 is 2.86 bits per heavy atom. The van der Waals surface area contributed by atoms with Crippen LogP contribution in [-0.2, 0) is 4.79 Å². The molecule has 1 aliphatic rings. The molecule has 8 heteroatoms. The lowest BCUT2D eigenvalue weighted by Gasteiger charge is -2.36. The van der Waals surface area contributed by atoms with Crippen molar-refractivity contribution in [1.29, 1.82) is 0 Å². The third kappa shape index (κ3) is 5.45. The molecule has 1 atom stereocenters. The quantitative estimate of drug-likeness (QED) is 0.297. The number of allylic oxidation sites excluding steroid dienone is 1. The fraction of sp³-hybridized carbons (Fsp3) is 0.381. The van der Waals surface area contributed by atoms with Crippen LogP contribution in [0.25, 0.3) is 0 Å². The molecule has 0 spiro atoms. The third-order valence-corrected chi connectivity index (χ3v) is 4.82. The highest BCUT2D eigenvalue weighted by molar-refractivity contribution is 5.94. The van der Waals surface area contributed by atoms with Gasteiger partial charge in [-0.25, -0.2) is 0 Å². The lowest BCUT2D eigenvalue weighted by atomic mass is 10.0. The van der Waals surface area contributed by atoms with Crippen molar-refractivity contribution in [2.75, 3.05) is 19.8 Å². The molecule has 1 aliphatic heterocycles. The van der Waals surface area contributed by atoms with Gasteiger partial charge in [0.15, 0.2) is 6.29 Å². The van der Waals surface area contributed by atoms with Crippen LogP contribution < -0.4 is 4.74 Å². The number of nitrogens with zero attached hydrogens (tertiary/aromatic N) is 3. The number of benzene rings is 1. The van der Waals surface area contributed by atoms with Crippen molar-refractivity contribution < 1.29 is 19.4 Å². The van der Waals surface area contributed by atoms with Crippen LogP contribution in [-0.4, -0.2) is 54.2 Å². The number of aliphatic hydroxyl groups excluding tert-OH is 1. The predicted octanol–water partition coefficient (Wildman–Crippen LogP) is 3.18. The number of nitroso groups, excluding NO2 is 1. The Kier molecular flexibility index (Phi) is 8.42. The Hall–Kier alpha value is -3.13. The monoisotopic (exact) mass is 399 g/mol. The number of carbonyl (C=O) groups excluding carboxylic acids is 2. The molecule has 0 saturated carbocycles. The van der Waals surface area contributed by atoms with E-state index in [0.717, 1.165) is 19.3 Å². The molecule has 0 aliphatic carbocycles. The second-order valence-electron chi connectivity index (χ2n) is 6.60. The number of carbonyl (C=O) groups is 2. The molecule has 1 heterocycles. The highest BCUT2D eigenvalue weighted by Gasteiger charge is 2.29. The summed E-state index contributed by atoms with van der Waals surface area (Å²) in [7, 11) is 0. The summed E-state index contributed by atoms with van der Waals surface area (Å²) in [5.41, 5.74) is 0.750. The lowest BCUT2D eigenvalue weighted by molar-refractivity contribution is -0.131. The van der Waals surface area contributed by atoms with Crippen LogP contribution in [0.1, 0.15) is 36.5 Å². The number of aliphatic imine (C=N–C) groups is 1. The summed E-state index contributed by atoms with van der Waals surface area (Å²) in [4.78, 5) is 41.0. The number of likely N-dealkylation sites (tertiary alicyclic amines) is 1. The molecule has 0 bridgehead atoms. The van der Waals surface area contributed by atoms with Crippen LogP contribution >= 0.6 is 0 Å². The zero-order valence-electron chi connectivity index (χ0n) is 16.4. The van der Waals surface area contributed by atoms with Gasteiger partial charge in [-0.15, -0.1) is 4.91 Å². The lowest BCUT2D eigenvalue weighted by Crippen LogP contribution is -2.47. The average molecular weight is 399 g/mol. The minimum Gasteiger partial charge on any atom is -0.491 e. The van der Waals surface area contributed by atoms with Gasteiger partial charge in [-0.2, -0.15) is 0 Å². The van der Waals surface area contributed by atoms with E-state index in [9.17, 15) is 19.6 Å². The Labute approximate surface area is 169 Å².